The lowest BCUT2D eigenvalue weighted by Crippen LogP contribution is -2.24. The zero-order chi connectivity index (χ0) is 17.9. The standard InChI is InChI=1S/C18H22O6/c1-13(19)8-17(21)23-11-16(10-15-6-4-3-5-7-15)12-24-18(22)9-14(2)20/h3-7,16H,8-12H2,1-2H3. The number of carbonyl (C=O) groups is 4. The molecule has 24 heavy (non-hydrogen) atoms. The lowest BCUT2D eigenvalue weighted by Gasteiger charge is -2.17. The van der Waals surface area contributed by atoms with Gasteiger partial charge in [-0.1, -0.05) is 30.3 Å². The van der Waals surface area contributed by atoms with E-state index in [1.54, 1.807) is 0 Å². The van der Waals surface area contributed by atoms with Gasteiger partial charge in [0.2, 0.25) is 0 Å². The van der Waals surface area contributed by atoms with Crippen LogP contribution < -0.4 is 0 Å². The Morgan fingerprint density at radius 2 is 1.29 bits per heavy atom. The molecule has 0 saturated heterocycles. The second-order valence-corrected chi connectivity index (χ2v) is 5.68. The topological polar surface area (TPSA) is 86.7 Å². The fourth-order valence-corrected chi connectivity index (χ4v) is 2.04. The molecule has 0 aliphatic carbocycles. The van der Waals surface area contributed by atoms with Gasteiger partial charge in [-0.25, -0.2) is 0 Å². The van der Waals surface area contributed by atoms with Gasteiger partial charge in [0.05, 0.1) is 13.2 Å². The summed E-state index contributed by atoms with van der Waals surface area (Å²) in [6, 6.07) is 9.49. The van der Waals surface area contributed by atoms with Gasteiger partial charge in [-0.2, -0.15) is 0 Å². The molecular weight excluding hydrogens is 312 g/mol. The molecule has 6 nitrogen and oxygen atoms in total. The monoisotopic (exact) mass is 334 g/mol. The Hall–Kier alpha value is -2.50. The highest BCUT2D eigenvalue weighted by Crippen LogP contribution is 2.11. The summed E-state index contributed by atoms with van der Waals surface area (Å²) < 4.78 is 10.2. The number of benzene rings is 1. The molecule has 6 heteroatoms. The van der Waals surface area contributed by atoms with Gasteiger partial charge in [0, 0.05) is 5.92 Å². The molecular formula is C18H22O6. The van der Waals surface area contributed by atoms with E-state index in [4.69, 9.17) is 9.47 Å². The van der Waals surface area contributed by atoms with Crippen LogP contribution in [0.5, 0.6) is 0 Å². The van der Waals surface area contributed by atoms with E-state index >= 15 is 0 Å². The molecule has 1 rings (SSSR count). The highest BCUT2D eigenvalue weighted by molar-refractivity contribution is 5.94. The molecule has 1 aromatic rings. The van der Waals surface area contributed by atoms with Gasteiger partial charge < -0.3 is 9.47 Å². The third-order valence-electron chi connectivity index (χ3n) is 3.11. The van der Waals surface area contributed by atoms with E-state index in [9.17, 15) is 19.2 Å². The summed E-state index contributed by atoms with van der Waals surface area (Å²) in [6.45, 7) is 2.70. The average molecular weight is 334 g/mol. The van der Waals surface area contributed by atoms with E-state index in [1.165, 1.54) is 13.8 Å². The van der Waals surface area contributed by atoms with Crippen molar-refractivity contribution in [2.45, 2.75) is 33.1 Å². The number of ketones is 2. The normalized spacial score (nSPS) is 10.3. The summed E-state index contributed by atoms with van der Waals surface area (Å²) in [6.07, 6.45) is -0.00803. The van der Waals surface area contributed by atoms with E-state index in [-0.39, 0.29) is 43.5 Å². The van der Waals surface area contributed by atoms with Crippen LogP contribution in [0.1, 0.15) is 32.3 Å². The summed E-state index contributed by atoms with van der Waals surface area (Å²) >= 11 is 0. The van der Waals surface area contributed by atoms with Gasteiger partial charge in [-0.05, 0) is 25.8 Å². The van der Waals surface area contributed by atoms with E-state index in [2.05, 4.69) is 0 Å². The smallest absolute Gasteiger partial charge is 0.313 e. The fourth-order valence-electron chi connectivity index (χ4n) is 2.04. The van der Waals surface area contributed by atoms with Crippen molar-refractivity contribution in [2.75, 3.05) is 13.2 Å². The lowest BCUT2D eigenvalue weighted by molar-refractivity contribution is -0.150. The first kappa shape index (κ1) is 19.5. The second kappa shape index (κ2) is 10.3. The van der Waals surface area contributed by atoms with Crippen molar-refractivity contribution in [3.05, 3.63) is 35.9 Å². The second-order valence-electron chi connectivity index (χ2n) is 5.68. The predicted octanol–water partition coefficient (Wildman–Crippen LogP) is 1.89. The Labute approximate surface area is 141 Å². The van der Waals surface area contributed by atoms with Crippen molar-refractivity contribution in [3.8, 4) is 0 Å². The fraction of sp³-hybridized carbons (Fsp3) is 0.444. The number of rotatable bonds is 10. The lowest BCUT2D eigenvalue weighted by atomic mass is 10.0. The molecule has 0 atom stereocenters. The van der Waals surface area contributed by atoms with Crippen molar-refractivity contribution in [2.24, 2.45) is 5.92 Å². The minimum Gasteiger partial charge on any atom is -0.465 e. The molecule has 0 bridgehead atoms. The van der Waals surface area contributed by atoms with Crippen LogP contribution in [0, 0.1) is 5.92 Å². The quantitative estimate of drug-likeness (QED) is 0.480. The number of Topliss-reactive ketones (excluding diaryl/α,β-unsaturated/α-hetero) is 2. The average Bonchev–Trinajstić information content (AvgIpc) is 2.49. The molecule has 0 N–H and O–H groups in total. The Kier molecular flexibility index (Phi) is 8.39. The van der Waals surface area contributed by atoms with Crippen LogP contribution in [0.15, 0.2) is 30.3 Å². The Morgan fingerprint density at radius 1 is 0.833 bits per heavy atom. The van der Waals surface area contributed by atoms with Gasteiger partial charge in [0.15, 0.2) is 0 Å². The summed E-state index contributed by atoms with van der Waals surface area (Å²) in [5, 5.41) is 0. The Bertz CT molecular complexity index is 546. The molecule has 0 spiro atoms. The number of ether oxygens (including phenoxy) is 2. The highest BCUT2D eigenvalue weighted by Gasteiger charge is 2.17. The molecule has 0 heterocycles. The molecule has 0 amide bonds. The Morgan fingerprint density at radius 3 is 1.71 bits per heavy atom. The maximum Gasteiger partial charge on any atom is 0.313 e. The first-order valence-electron chi connectivity index (χ1n) is 7.71. The summed E-state index contributed by atoms with van der Waals surface area (Å²) in [5.74, 6) is -1.99. The molecule has 0 unspecified atom stereocenters. The van der Waals surface area contributed by atoms with Crippen LogP contribution in [0.3, 0.4) is 0 Å². The molecule has 0 aliphatic heterocycles. The van der Waals surface area contributed by atoms with Crippen LogP contribution in [0.4, 0.5) is 0 Å². The zero-order valence-corrected chi connectivity index (χ0v) is 13.9. The summed E-state index contributed by atoms with van der Waals surface area (Å²) in [7, 11) is 0. The first-order valence-corrected chi connectivity index (χ1v) is 7.71. The van der Waals surface area contributed by atoms with Crippen molar-refractivity contribution in [1.29, 1.82) is 0 Å². The summed E-state index contributed by atoms with van der Waals surface area (Å²) in [4.78, 5) is 44.8. The van der Waals surface area contributed by atoms with E-state index in [0.717, 1.165) is 5.56 Å². The molecule has 0 fully saturated rings. The van der Waals surface area contributed by atoms with Crippen LogP contribution in [0.2, 0.25) is 0 Å². The first-order chi connectivity index (χ1) is 11.4. The number of esters is 2. The molecule has 0 aromatic heterocycles. The minimum absolute atomic E-state index is 0.0361. The SMILES string of the molecule is CC(=O)CC(=O)OCC(COC(=O)CC(C)=O)Cc1ccccc1. The molecule has 0 radical (unpaired) electrons. The number of carbonyl (C=O) groups excluding carboxylic acids is 4. The highest BCUT2D eigenvalue weighted by atomic mass is 16.5. The summed E-state index contributed by atoms with van der Waals surface area (Å²) in [5.41, 5.74) is 1.01. The van der Waals surface area contributed by atoms with Gasteiger partial charge in [0.1, 0.15) is 24.4 Å². The largest absolute Gasteiger partial charge is 0.465 e. The zero-order valence-electron chi connectivity index (χ0n) is 13.9. The maximum atomic E-state index is 11.5. The third kappa shape index (κ3) is 8.82. The van der Waals surface area contributed by atoms with E-state index in [1.807, 2.05) is 30.3 Å². The minimum atomic E-state index is -0.601. The predicted molar refractivity (Wildman–Crippen MR) is 86.2 cm³/mol. The van der Waals surface area contributed by atoms with Gasteiger partial charge in [-0.15, -0.1) is 0 Å². The van der Waals surface area contributed by atoms with E-state index < -0.39 is 11.9 Å². The Balaban J connectivity index is 2.58. The van der Waals surface area contributed by atoms with Crippen LogP contribution in [0.25, 0.3) is 0 Å². The van der Waals surface area contributed by atoms with Crippen molar-refractivity contribution in [3.63, 3.8) is 0 Å². The maximum absolute atomic E-state index is 11.5. The molecule has 0 aliphatic rings. The van der Waals surface area contributed by atoms with E-state index in [0.29, 0.717) is 6.42 Å². The van der Waals surface area contributed by atoms with Gasteiger partial charge in [0.25, 0.3) is 0 Å². The van der Waals surface area contributed by atoms with Crippen molar-refractivity contribution < 1.29 is 28.7 Å². The van der Waals surface area contributed by atoms with Gasteiger partial charge in [-0.3, -0.25) is 19.2 Å². The van der Waals surface area contributed by atoms with Crippen molar-refractivity contribution in [1.82, 2.24) is 0 Å². The van der Waals surface area contributed by atoms with Crippen LogP contribution >= 0.6 is 0 Å². The number of hydrogen-bond acceptors (Lipinski definition) is 6. The van der Waals surface area contributed by atoms with Crippen molar-refractivity contribution >= 4 is 23.5 Å². The molecule has 130 valence electrons. The van der Waals surface area contributed by atoms with Gasteiger partial charge >= 0.3 is 11.9 Å². The third-order valence-corrected chi connectivity index (χ3v) is 3.11. The molecule has 1 aromatic carbocycles. The van der Waals surface area contributed by atoms with Crippen LogP contribution in [-0.4, -0.2) is 36.7 Å². The number of hydrogen-bond donors (Lipinski definition) is 0. The van der Waals surface area contributed by atoms with Crippen LogP contribution in [-0.2, 0) is 35.1 Å². The molecule has 0 saturated carbocycles.